The fraction of sp³-hybridized carbons (Fsp3) is 0.500. The smallest absolute Gasteiger partial charge is 0.125 e. The van der Waals surface area contributed by atoms with Crippen LogP contribution in [0, 0.1) is 0 Å². The molecule has 5 nitrogen and oxygen atoms in total. The largest absolute Gasteiger partial charge is 0.399 e. The van der Waals surface area contributed by atoms with E-state index in [1.807, 2.05) is 30.3 Å². The van der Waals surface area contributed by atoms with Gasteiger partial charge in [-0.1, -0.05) is 58.1 Å². The van der Waals surface area contributed by atoms with E-state index in [1.165, 1.54) is 13.3 Å². The summed E-state index contributed by atoms with van der Waals surface area (Å²) >= 11 is 2.19. The summed E-state index contributed by atoms with van der Waals surface area (Å²) in [4.78, 5) is 4.67. The van der Waals surface area contributed by atoms with Crippen molar-refractivity contribution in [1.29, 1.82) is 0 Å². The Hall–Kier alpha value is -0.700. The van der Waals surface area contributed by atoms with Crippen molar-refractivity contribution >= 4 is 28.8 Å². The number of hydrogen-bond acceptors (Lipinski definition) is 5. The maximum absolute atomic E-state index is 10.2. The van der Waals surface area contributed by atoms with E-state index in [4.69, 9.17) is 9.47 Å². The van der Waals surface area contributed by atoms with Gasteiger partial charge in [0.25, 0.3) is 0 Å². The van der Waals surface area contributed by atoms with Gasteiger partial charge in [-0.2, -0.15) is 0 Å². The maximum atomic E-state index is 10.2. The molecule has 0 unspecified atom stereocenters. The van der Waals surface area contributed by atoms with E-state index >= 15 is 0 Å². The Bertz CT molecular complexity index is 428. The van der Waals surface area contributed by atoms with Gasteiger partial charge in [0.15, 0.2) is 0 Å². The van der Waals surface area contributed by atoms with Gasteiger partial charge in [-0.15, -0.1) is 0 Å². The molecule has 1 N–H and O–H groups in total. The molecule has 0 spiro atoms. The Morgan fingerprint density at radius 1 is 1.40 bits per heavy atom. The Kier molecular flexibility index (Phi) is 6.21. The Labute approximate surface area is 132 Å². The number of oxime groups is 1. The number of aliphatic hydroxyl groups is 1. The number of ether oxygens (including phenoxy) is 2. The Morgan fingerprint density at radius 2 is 2.15 bits per heavy atom. The number of hydrogen-bond donors (Lipinski definition) is 1. The van der Waals surface area contributed by atoms with E-state index in [-0.39, 0.29) is 6.10 Å². The van der Waals surface area contributed by atoms with Crippen molar-refractivity contribution in [2.45, 2.75) is 31.0 Å². The van der Waals surface area contributed by atoms with Gasteiger partial charge in [-0.25, -0.2) is 0 Å². The minimum Gasteiger partial charge on any atom is -0.399 e. The summed E-state index contributed by atoms with van der Waals surface area (Å²) in [5.41, 5.74) is 1.06. The van der Waals surface area contributed by atoms with E-state index in [0.717, 1.165) is 5.56 Å². The van der Waals surface area contributed by atoms with E-state index in [2.05, 4.69) is 32.6 Å². The molecule has 0 radical (unpaired) electrons. The van der Waals surface area contributed by atoms with Crippen molar-refractivity contribution in [3.05, 3.63) is 35.9 Å². The zero-order chi connectivity index (χ0) is 14.4. The molecule has 0 saturated carbocycles. The molecule has 20 heavy (non-hydrogen) atoms. The lowest BCUT2D eigenvalue weighted by atomic mass is 10.1. The molecule has 1 aliphatic heterocycles. The highest BCUT2D eigenvalue weighted by atomic mass is 127. The lowest BCUT2D eigenvalue weighted by molar-refractivity contribution is -0.0309. The maximum Gasteiger partial charge on any atom is 0.125 e. The number of benzene rings is 1. The van der Waals surface area contributed by atoms with Crippen LogP contribution in [-0.4, -0.2) is 47.3 Å². The monoisotopic (exact) mass is 391 g/mol. The van der Waals surface area contributed by atoms with Crippen molar-refractivity contribution in [3.63, 3.8) is 0 Å². The zero-order valence-corrected chi connectivity index (χ0v) is 13.3. The lowest BCUT2D eigenvalue weighted by Gasteiger charge is -2.18. The van der Waals surface area contributed by atoms with Crippen LogP contribution in [0.25, 0.3) is 0 Å². The summed E-state index contributed by atoms with van der Waals surface area (Å²) in [5, 5.41) is 14.0. The van der Waals surface area contributed by atoms with Gasteiger partial charge in [0, 0.05) is 4.43 Å². The summed E-state index contributed by atoms with van der Waals surface area (Å²) in [6.07, 6.45) is -0.207. The first kappa shape index (κ1) is 15.7. The molecule has 1 heterocycles. The molecule has 1 fully saturated rings. The quantitative estimate of drug-likeness (QED) is 0.348. The second kappa shape index (κ2) is 7.92. The number of aliphatic hydroxyl groups excluding tert-OH is 1. The molecule has 1 saturated heterocycles. The molecular formula is C14H18INO4. The number of halogens is 1. The average Bonchev–Trinajstić information content (AvgIpc) is 2.79. The van der Waals surface area contributed by atoms with Gasteiger partial charge in [-0.3, -0.25) is 0 Å². The summed E-state index contributed by atoms with van der Waals surface area (Å²) in [5.74, 6) is 0. The highest BCUT2D eigenvalue weighted by molar-refractivity contribution is 14.1. The summed E-state index contributed by atoms with van der Waals surface area (Å²) < 4.78 is 12.2. The third-order valence-corrected chi connectivity index (χ3v) is 3.99. The second-order valence-corrected chi connectivity index (χ2v) is 5.36. The van der Waals surface area contributed by atoms with Crippen molar-refractivity contribution in [2.24, 2.45) is 5.16 Å². The Balaban J connectivity index is 2.00. The van der Waals surface area contributed by atoms with Crippen molar-refractivity contribution < 1.29 is 19.4 Å². The number of rotatable bonds is 6. The van der Waals surface area contributed by atoms with Gasteiger partial charge in [0.1, 0.15) is 25.4 Å². The molecule has 1 aromatic carbocycles. The predicted molar refractivity (Wildman–Crippen MR) is 84.1 cm³/mol. The standard InChI is InChI=1S/C14H18INO4/c1-18-16-8-12-14(13(17)11(7-15)20-12)19-9-10-5-3-2-4-6-10/h2-6,8,11-14,17H,7,9H2,1H3/b16-8-/t11-,12-,13+,14+/m0/s1. The lowest BCUT2D eigenvalue weighted by Crippen LogP contribution is -2.36. The SMILES string of the molecule is CO/N=C\[C@@H]1O[C@@H](CI)[C@@H](O)[C@@H]1OCc1ccccc1. The van der Waals surface area contributed by atoms with Crippen LogP contribution in [0.3, 0.4) is 0 Å². The molecule has 110 valence electrons. The van der Waals surface area contributed by atoms with Crippen LogP contribution < -0.4 is 0 Å². The molecule has 4 atom stereocenters. The van der Waals surface area contributed by atoms with Crippen molar-refractivity contribution in [2.75, 3.05) is 11.5 Å². The third kappa shape index (κ3) is 3.91. The molecule has 1 aromatic rings. The second-order valence-electron chi connectivity index (χ2n) is 4.48. The van der Waals surface area contributed by atoms with Crippen LogP contribution >= 0.6 is 22.6 Å². The van der Waals surface area contributed by atoms with Crippen LogP contribution in [0.15, 0.2) is 35.5 Å². The van der Waals surface area contributed by atoms with Crippen LogP contribution in [0.5, 0.6) is 0 Å². The molecular weight excluding hydrogens is 373 g/mol. The van der Waals surface area contributed by atoms with E-state index < -0.39 is 18.3 Å². The van der Waals surface area contributed by atoms with Gasteiger partial charge in [0.05, 0.1) is 18.9 Å². The van der Waals surface area contributed by atoms with E-state index in [0.29, 0.717) is 11.0 Å². The third-order valence-electron chi connectivity index (χ3n) is 3.12. The number of alkyl halides is 1. The molecule has 1 aliphatic rings. The first-order chi connectivity index (χ1) is 9.76. The molecule has 0 bridgehead atoms. The molecule has 0 amide bonds. The van der Waals surface area contributed by atoms with Crippen LogP contribution in [-0.2, 0) is 20.9 Å². The fourth-order valence-corrected chi connectivity index (χ4v) is 2.82. The summed E-state index contributed by atoms with van der Waals surface area (Å²) in [6.45, 7) is 0.428. The molecule has 6 heteroatoms. The average molecular weight is 391 g/mol. The first-order valence-electron chi connectivity index (χ1n) is 6.38. The summed E-state index contributed by atoms with van der Waals surface area (Å²) in [6, 6.07) is 9.83. The van der Waals surface area contributed by atoms with Crippen LogP contribution in [0.2, 0.25) is 0 Å². The fourth-order valence-electron chi connectivity index (χ4n) is 2.09. The van der Waals surface area contributed by atoms with Gasteiger partial charge in [-0.05, 0) is 5.56 Å². The van der Waals surface area contributed by atoms with Crippen LogP contribution in [0.4, 0.5) is 0 Å². The first-order valence-corrected chi connectivity index (χ1v) is 7.90. The van der Waals surface area contributed by atoms with Crippen LogP contribution in [0.1, 0.15) is 5.56 Å². The summed E-state index contributed by atoms with van der Waals surface area (Å²) in [7, 11) is 1.47. The topological polar surface area (TPSA) is 60.3 Å². The van der Waals surface area contributed by atoms with E-state index in [9.17, 15) is 5.11 Å². The zero-order valence-electron chi connectivity index (χ0n) is 11.2. The minimum atomic E-state index is -0.663. The predicted octanol–water partition coefficient (Wildman–Crippen LogP) is 1.77. The van der Waals surface area contributed by atoms with Crippen molar-refractivity contribution in [3.8, 4) is 0 Å². The highest BCUT2D eigenvalue weighted by Gasteiger charge is 2.43. The van der Waals surface area contributed by atoms with Gasteiger partial charge >= 0.3 is 0 Å². The molecule has 0 aliphatic carbocycles. The van der Waals surface area contributed by atoms with Crippen molar-refractivity contribution in [1.82, 2.24) is 0 Å². The number of nitrogens with zero attached hydrogens (tertiary/aromatic N) is 1. The highest BCUT2D eigenvalue weighted by Crippen LogP contribution is 2.25. The van der Waals surface area contributed by atoms with Gasteiger partial charge in [0.2, 0.25) is 0 Å². The normalized spacial score (nSPS) is 29.9. The Morgan fingerprint density at radius 3 is 2.80 bits per heavy atom. The molecule has 2 rings (SSSR count). The van der Waals surface area contributed by atoms with Gasteiger partial charge < -0.3 is 19.4 Å². The van der Waals surface area contributed by atoms with E-state index in [1.54, 1.807) is 0 Å². The molecule has 0 aromatic heterocycles. The minimum absolute atomic E-state index is 0.246.